The number of benzene rings is 1. The molecule has 0 aliphatic rings. The van der Waals surface area contributed by atoms with Gasteiger partial charge < -0.3 is 9.57 Å². The van der Waals surface area contributed by atoms with Crippen molar-refractivity contribution in [3.8, 4) is 5.75 Å². The lowest BCUT2D eigenvalue weighted by Crippen LogP contribution is -2.03. The van der Waals surface area contributed by atoms with Crippen LogP contribution in [0.5, 0.6) is 5.75 Å². The van der Waals surface area contributed by atoms with Crippen molar-refractivity contribution in [2.24, 2.45) is 10.1 Å². The molecule has 86 valence electrons. The minimum absolute atomic E-state index is 0.467. The number of nitrogens with zero attached hydrogens (tertiary/aromatic N) is 2. The lowest BCUT2D eigenvalue weighted by molar-refractivity contribution is 0.313. The van der Waals surface area contributed by atoms with Crippen LogP contribution in [0.15, 0.2) is 34.4 Å². The molecular formula is C11H13ClN2O2. The SMILES string of the molecule is C=NOC(C)=NCCOc1ccc(Cl)cc1. The summed E-state index contributed by atoms with van der Waals surface area (Å²) in [6.07, 6.45) is 0. The highest BCUT2D eigenvalue weighted by Gasteiger charge is 1.94. The first kappa shape index (κ1) is 12.5. The number of hydrogen-bond donors (Lipinski definition) is 0. The third-order valence-electron chi connectivity index (χ3n) is 1.70. The van der Waals surface area contributed by atoms with Gasteiger partial charge in [-0.25, -0.2) is 4.99 Å². The van der Waals surface area contributed by atoms with E-state index >= 15 is 0 Å². The molecule has 0 N–H and O–H groups in total. The van der Waals surface area contributed by atoms with Crippen LogP contribution >= 0.6 is 11.6 Å². The van der Waals surface area contributed by atoms with Gasteiger partial charge in [0.25, 0.3) is 0 Å². The number of oxime groups is 1. The summed E-state index contributed by atoms with van der Waals surface area (Å²) in [5.41, 5.74) is 0. The summed E-state index contributed by atoms with van der Waals surface area (Å²) in [5.74, 6) is 1.23. The van der Waals surface area contributed by atoms with Crippen LogP contribution in [0.4, 0.5) is 0 Å². The predicted molar refractivity (Wildman–Crippen MR) is 65.6 cm³/mol. The van der Waals surface area contributed by atoms with Crippen molar-refractivity contribution >= 4 is 24.2 Å². The van der Waals surface area contributed by atoms with Crippen LogP contribution in [0.2, 0.25) is 5.02 Å². The maximum Gasteiger partial charge on any atom is 0.217 e. The van der Waals surface area contributed by atoms with Gasteiger partial charge in [0.15, 0.2) is 0 Å². The fourth-order valence-corrected chi connectivity index (χ4v) is 1.15. The summed E-state index contributed by atoms with van der Waals surface area (Å²) < 4.78 is 5.42. The average Bonchev–Trinajstić information content (AvgIpc) is 2.27. The van der Waals surface area contributed by atoms with Gasteiger partial charge in [0.2, 0.25) is 5.90 Å². The van der Waals surface area contributed by atoms with E-state index in [4.69, 9.17) is 21.2 Å². The first-order valence-electron chi connectivity index (χ1n) is 4.75. The lowest BCUT2D eigenvalue weighted by Gasteiger charge is -2.04. The molecule has 0 saturated carbocycles. The first-order chi connectivity index (χ1) is 7.72. The smallest absolute Gasteiger partial charge is 0.217 e. The summed E-state index contributed by atoms with van der Waals surface area (Å²) >= 11 is 5.74. The maximum absolute atomic E-state index is 5.74. The molecule has 0 atom stereocenters. The number of halogens is 1. The molecule has 0 bridgehead atoms. The Morgan fingerprint density at radius 2 is 2.06 bits per heavy atom. The minimum atomic E-state index is 0.467. The Bertz CT molecular complexity index is 363. The predicted octanol–water partition coefficient (Wildman–Crippen LogP) is 2.77. The van der Waals surface area contributed by atoms with Gasteiger partial charge in [0, 0.05) is 18.7 Å². The van der Waals surface area contributed by atoms with E-state index in [9.17, 15) is 0 Å². The zero-order chi connectivity index (χ0) is 11.8. The Balaban J connectivity index is 2.28. The highest BCUT2D eigenvalue weighted by atomic mass is 35.5. The van der Waals surface area contributed by atoms with E-state index in [0.29, 0.717) is 24.1 Å². The monoisotopic (exact) mass is 240 g/mol. The molecule has 0 saturated heterocycles. The van der Waals surface area contributed by atoms with E-state index in [0.717, 1.165) is 5.75 Å². The van der Waals surface area contributed by atoms with Gasteiger partial charge in [0.1, 0.15) is 12.4 Å². The second kappa shape index (κ2) is 6.85. The van der Waals surface area contributed by atoms with Crippen LogP contribution in [-0.2, 0) is 4.84 Å². The topological polar surface area (TPSA) is 43.2 Å². The van der Waals surface area contributed by atoms with E-state index < -0.39 is 0 Å². The van der Waals surface area contributed by atoms with Gasteiger partial charge in [0.05, 0.1) is 6.54 Å². The van der Waals surface area contributed by atoms with Crippen molar-refractivity contribution in [1.82, 2.24) is 0 Å². The molecule has 1 rings (SSSR count). The standard InChI is InChI=1S/C11H13ClN2O2/c1-9(16-13-2)14-7-8-15-11-5-3-10(12)4-6-11/h3-6H,2,7-8H2,1H3. The molecule has 0 radical (unpaired) electrons. The van der Waals surface area contributed by atoms with Crippen LogP contribution < -0.4 is 4.74 Å². The fourth-order valence-electron chi connectivity index (χ4n) is 1.02. The summed E-state index contributed by atoms with van der Waals surface area (Å²) in [4.78, 5) is 8.76. The normalized spacial score (nSPS) is 11.0. The molecule has 0 aromatic heterocycles. The molecular weight excluding hydrogens is 228 g/mol. The van der Waals surface area contributed by atoms with Crippen LogP contribution in [-0.4, -0.2) is 25.8 Å². The largest absolute Gasteiger partial charge is 0.492 e. The number of aliphatic imine (C=N–C) groups is 1. The van der Waals surface area contributed by atoms with Gasteiger partial charge in [-0.05, 0) is 24.3 Å². The van der Waals surface area contributed by atoms with Crippen molar-refractivity contribution in [1.29, 1.82) is 0 Å². The zero-order valence-corrected chi connectivity index (χ0v) is 9.78. The van der Waals surface area contributed by atoms with Gasteiger partial charge in [-0.2, -0.15) is 0 Å². The second-order valence-electron chi connectivity index (χ2n) is 2.92. The van der Waals surface area contributed by atoms with E-state index in [1.807, 2.05) is 0 Å². The van der Waals surface area contributed by atoms with Crippen LogP contribution in [0, 0.1) is 0 Å². The molecule has 0 spiro atoms. The molecule has 0 aliphatic heterocycles. The second-order valence-corrected chi connectivity index (χ2v) is 3.36. The molecule has 0 heterocycles. The lowest BCUT2D eigenvalue weighted by atomic mass is 10.3. The molecule has 0 unspecified atom stereocenters. The van der Waals surface area contributed by atoms with Gasteiger partial charge in [-0.1, -0.05) is 16.8 Å². The fraction of sp³-hybridized carbons (Fsp3) is 0.273. The number of hydrogen-bond acceptors (Lipinski definition) is 4. The van der Waals surface area contributed by atoms with Crippen molar-refractivity contribution in [3.05, 3.63) is 29.3 Å². The molecule has 0 aliphatic carbocycles. The molecule has 0 amide bonds. The third kappa shape index (κ3) is 4.79. The van der Waals surface area contributed by atoms with Crippen molar-refractivity contribution in [2.45, 2.75) is 6.92 Å². The molecule has 16 heavy (non-hydrogen) atoms. The summed E-state index contributed by atoms with van der Waals surface area (Å²) in [7, 11) is 0. The first-order valence-corrected chi connectivity index (χ1v) is 5.12. The summed E-state index contributed by atoms with van der Waals surface area (Å²) in [6.45, 7) is 5.87. The van der Waals surface area contributed by atoms with Gasteiger partial charge in [-0.3, -0.25) is 0 Å². The highest BCUT2D eigenvalue weighted by molar-refractivity contribution is 6.30. The Kier molecular flexibility index (Phi) is 5.36. The van der Waals surface area contributed by atoms with E-state index in [1.54, 1.807) is 31.2 Å². The maximum atomic E-state index is 5.74. The van der Waals surface area contributed by atoms with Crippen LogP contribution in [0.1, 0.15) is 6.92 Å². The molecule has 1 aromatic carbocycles. The highest BCUT2D eigenvalue weighted by Crippen LogP contribution is 2.15. The van der Waals surface area contributed by atoms with E-state index in [-0.39, 0.29) is 0 Å². The van der Waals surface area contributed by atoms with Crippen molar-refractivity contribution in [3.63, 3.8) is 0 Å². The summed E-state index contributed by atoms with van der Waals surface area (Å²) in [6, 6.07) is 7.16. The molecule has 4 nitrogen and oxygen atoms in total. The third-order valence-corrected chi connectivity index (χ3v) is 1.96. The van der Waals surface area contributed by atoms with Gasteiger partial charge in [-0.15, -0.1) is 0 Å². The van der Waals surface area contributed by atoms with Crippen molar-refractivity contribution < 1.29 is 9.57 Å². The van der Waals surface area contributed by atoms with Crippen LogP contribution in [0.3, 0.4) is 0 Å². The zero-order valence-electron chi connectivity index (χ0n) is 9.02. The molecule has 5 heteroatoms. The quantitative estimate of drug-likeness (QED) is 0.344. The Hall–Kier alpha value is -1.55. The molecule has 1 aromatic rings. The Labute approximate surface area is 99.5 Å². The van der Waals surface area contributed by atoms with Crippen molar-refractivity contribution in [2.75, 3.05) is 13.2 Å². The Morgan fingerprint density at radius 3 is 2.69 bits per heavy atom. The van der Waals surface area contributed by atoms with Gasteiger partial charge >= 0.3 is 0 Å². The van der Waals surface area contributed by atoms with Crippen LogP contribution in [0.25, 0.3) is 0 Å². The Morgan fingerprint density at radius 1 is 1.38 bits per heavy atom. The molecule has 0 fully saturated rings. The van der Waals surface area contributed by atoms with E-state index in [2.05, 4.69) is 16.9 Å². The minimum Gasteiger partial charge on any atom is -0.492 e. The number of rotatable bonds is 5. The number of ether oxygens (including phenoxy) is 1. The average molecular weight is 241 g/mol. The van der Waals surface area contributed by atoms with E-state index in [1.165, 1.54) is 0 Å². The summed E-state index contributed by atoms with van der Waals surface area (Å²) in [5, 5.41) is 3.93.